The SMILES string of the molecule is COC(=O)CCNC(=O)[C@H](Cc1ccccc1)N1C(=O)[C@@H](NC(=O)[C@H](CCSC)N2C(=O)OCC2C)CC1C. The number of nitrogens with zero attached hydrogens (tertiary/aromatic N) is 2. The Morgan fingerprint density at radius 1 is 1.08 bits per heavy atom. The van der Waals surface area contributed by atoms with Gasteiger partial charge in [0, 0.05) is 19.0 Å². The third-order valence-corrected chi connectivity index (χ3v) is 7.70. The number of nitrogens with one attached hydrogen (secondary N) is 2. The van der Waals surface area contributed by atoms with Crippen molar-refractivity contribution >= 4 is 41.5 Å². The van der Waals surface area contributed by atoms with Crippen LogP contribution in [0.1, 0.15) is 38.7 Å². The number of likely N-dealkylation sites (tertiary alicyclic amines) is 1. The number of hydrogen-bond acceptors (Lipinski definition) is 8. The highest BCUT2D eigenvalue weighted by Crippen LogP contribution is 2.26. The maximum Gasteiger partial charge on any atom is 0.410 e. The minimum Gasteiger partial charge on any atom is -0.469 e. The van der Waals surface area contributed by atoms with E-state index in [0.29, 0.717) is 18.6 Å². The van der Waals surface area contributed by atoms with E-state index >= 15 is 0 Å². The second kappa shape index (κ2) is 14.2. The molecule has 0 radical (unpaired) electrons. The summed E-state index contributed by atoms with van der Waals surface area (Å²) in [5, 5.41) is 5.61. The number of carbonyl (C=O) groups is 5. The standard InChI is InChI=1S/C27H38N4O7S/c1-17-14-20(29-25(34)21(11-13-39-4)31-18(2)16-38-27(31)36)26(35)30(17)22(15-19-8-6-5-7-9-19)24(33)28-12-10-23(32)37-3/h5-9,17-18,20-22H,10-16H2,1-4H3,(H,28,33)(H,29,34)/t17?,18?,20-,21-,22-/m0/s1. The number of cyclic esters (lactones) is 1. The van der Waals surface area contributed by atoms with E-state index in [-0.39, 0.29) is 49.9 Å². The van der Waals surface area contributed by atoms with Crippen LogP contribution < -0.4 is 10.6 Å². The second-order valence-corrected chi connectivity index (χ2v) is 10.8. The molecule has 2 saturated heterocycles. The molecule has 3 rings (SSSR count). The summed E-state index contributed by atoms with van der Waals surface area (Å²) in [5.41, 5.74) is 0.872. The highest BCUT2D eigenvalue weighted by Gasteiger charge is 2.46. The van der Waals surface area contributed by atoms with Gasteiger partial charge < -0.3 is 25.0 Å². The topological polar surface area (TPSA) is 134 Å². The lowest BCUT2D eigenvalue weighted by Crippen LogP contribution is -2.55. The average Bonchev–Trinajstić information content (AvgIpc) is 3.39. The number of methoxy groups -OCH3 is 1. The van der Waals surface area contributed by atoms with Crippen LogP contribution in [0.3, 0.4) is 0 Å². The molecule has 2 aliphatic rings. The third kappa shape index (κ3) is 7.65. The largest absolute Gasteiger partial charge is 0.469 e. The molecule has 2 fully saturated rings. The zero-order valence-corrected chi connectivity index (χ0v) is 23.7. The van der Waals surface area contributed by atoms with Gasteiger partial charge in [0.2, 0.25) is 17.7 Å². The summed E-state index contributed by atoms with van der Waals surface area (Å²) < 4.78 is 9.77. The van der Waals surface area contributed by atoms with E-state index in [2.05, 4.69) is 15.4 Å². The molecule has 1 aromatic rings. The third-order valence-electron chi connectivity index (χ3n) is 7.05. The van der Waals surface area contributed by atoms with Crippen molar-refractivity contribution in [2.75, 3.05) is 32.3 Å². The Balaban J connectivity index is 1.76. The molecule has 2 unspecified atom stereocenters. The summed E-state index contributed by atoms with van der Waals surface area (Å²) in [7, 11) is 1.28. The molecule has 2 aliphatic heterocycles. The summed E-state index contributed by atoms with van der Waals surface area (Å²) in [6.45, 7) is 3.95. The lowest BCUT2D eigenvalue weighted by Gasteiger charge is -2.31. The van der Waals surface area contributed by atoms with Gasteiger partial charge in [-0.05, 0) is 44.3 Å². The quantitative estimate of drug-likeness (QED) is 0.344. The molecular formula is C27H38N4O7S. The fourth-order valence-corrected chi connectivity index (χ4v) is 5.51. The first-order valence-corrected chi connectivity index (χ1v) is 14.5. The first-order valence-electron chi connectivity index (χ1n) is 13.1. The van der Waals surface area contributed by atoms with Gasteiger partial charge in [-0.1, -0.05) is 30.3 Å². The molecule has 0 spiro atoms. The normalized spacial score (nSPS) is 22.3. The van der Waals surface area contributed by atoms with Crippen molar-refractivity contribution < 1.29 is 33.4 Å². The van der Waals surface area contributed by atoms with Crippen molar-refractivity contribution in [1.82, 2.24) is 20.4 Å². The number of carbonyl (C=O) groups excluding carboxylic acids is 5. The Bertz CT molecular complexity index is 1040. The van der Waals surface area contributed by atoms with Crippen LogP contribution in [-0.4, -0.2) is 102 Å². The number of benzene rings is 1. The summed E-state index contributed by atoms with van der Waals surface area (Å²) in [4.78, 5) is 67.2. The van der Waals surface area contributed by atoms with Gasteiger partial charge in [0.05, 0.1) is 19.6 Å². The second-order valence-electron chi connectivity index (χ2n) is 9.84. The average molecular weight is 563 g/mol. The fraction of sp³-hybridized carbons (Fsp3) is 0.593. The van der Waals surface area contributed by atoms with E-state index in [9.17, 15) is 24.0 Å². The number of ether oxygens (including phenoxy) is 2. The van der Waals surface area contributed by atoms with Crippen LogP contribution in [0.4, 0.5) is 4.79 Å². The maximum atomic E-state index is 13.7. The van der Waals surface area contributed by atoms with E-state index in [0.717, 1.165) is 5.56 Å². The molecule has 0 aromatic heterocycles. The molecule has 4 amide bonds. The number of rotatable bonds is 13. The van der Waals surface area contributed by atoms with Crippen LogP contribution in [0.25, 0.3) is 0 Å². The smallest absolute Gasteiger partial charge is 0.410 e. The Morgan fingerprint density at radius 3 is 2.41 bits per heavy atom. The molecule has 1 aromatic carbocycles. The Hall–Kier alpha value is -3.28. The summed E-state index contributed by atoms with van der Waals surface area (Å²) in [6.07, 6.45) is 2.41. The molecule has 0 aliphatic carbocycles. The predicted octanol–water partition coefficient (Wildman–Crippen LogP) is 1.35. The summed E-state index contributed by atoms with van der Waals surface area (Å²) >= 11 is 1.56. The molecule has 39 heavy (non-hydrogen) atoms. The van der Waals surface area contributed by atoms with Crippen LogP contribution >= 0.6 is 11.8 Å². The van der Waals surface area contributed by atoms with Gasteiger partial charge in [-0.15, -0.1) is 0 Å². The lowest BCUT2D eigenvalue weighted by atomic mass is 10.0. The van der Waals surface area contributed by atoms with Crippen molar-refractivity contribution in [1.29, 1.82) is 0 Å². The number of esters is 1. The summed E-state index contributed by atoms with van der Waals surface area (Å²) in [6, 6.07) is 6.33. The van der Waals surface area contributed by atoms with Crippen LogP contribution in [0, 0.1) is 0 Å². The van der Waals surface area contributed by atoms with Crippen molar-refractivity contribution in [3.05, 3.63) is 35.9 Å². The van der Waals surface area contributed by atoms with E-state index in [1.807, 2.05) is 50.4 Å². The van der Waals surface area contributed by atoms with Gasteiger partial charge >= 0.3 is 12.1 Å². The van der Waals surface area contributed by atoms with Crippen molar-refractivity contribution in [3.63, 3.8) is 0 Å². The highest BCUT2D eigenvalue weighted by molar-refractivity contribution is 7.98. The minimum atomic E-state index is -0.838. The van der Waals surface area contributed by atoms with Crippen LogP contribution in [-0.2, 0) is 35.1 Å². The van der Waals surface area contributed by atoms with Crippen molar-refractivity contribution in [2.45, 2.75) is 69.7 Å². The Morgan fingerprint density at radius 2 is 1.79 bits per heavy atom. The predicted molar refractivity (Wildman–Crippen MR) is 146 cm³/mol. The van der Waals surface area contributed by atoms with Gasteiger partial charge in [0.1, 0.15) is 24.7 Å². The van der Waals surface area contributed by atoms with Gasteiger partial charge in [-0.3, -0.25) is 24.1 Å². The van der Waals surface area contributed by atoms with Gasteiger partial charge in [-0.2, -0.15) is 11.8 Å². The van der Waals surface area contributed by atoms with E-state index < -0.39 is 36.1 Å². The molecule has 11 nitrogen and oxygen atoms in total. The highest BCUT2D eigenvalue weighted by atomic mass is 32.2. The van der Waals surface area contributed by atoms with E-state index in [1.54, 1.807) is 11.8 Å². The number of amides is 4. The lowest BCUT2D eigenvalue weighted by molar-refractivity contribution is -0.142. The van der Waals surface area contributed by atoms with E-state index in [1.165, 1.54) is 16.9 Å². The maximum absolute atomic E-state index is 13.7. The number of hydrogen-bond donors (Lipinski definition) is 2. The Labute approximate surface area is 233 Å². The van der Waals surface area contributed by atoms with Gasteiger partial charge in [0.25, 0.3) is 0 Å². The monoisotopic (exact) mass is 562 g/mol. The fourth-order valence-electron chi connectivity index (χ4n) is 5.05. The molecule has 0 bridgehead atoms. The molecule has 214 valence electrons. The molecule has 12 heteroatoms. The van der Waals surface area contributed by atoms with Crippen LogP contribution in [0.15, 0.2) is 30.3 Å². The van der Waals surface area contributed by atoms with E-state index in [4.69, 9.17) is 4.74 Å². The van der Waals surface area contributed by atoms with Gasteiger partial charge in [-0.25, -0.2) is 4.79 Å². The molecular weight excluding hydrogens is 524 g/mol. The zero-order valence-electron chi connectivity index (χ0n) is 22.9. The number of thioether (sulfide) groups is 1. The summed E-state index contributed by atoms with van der Waals surface area (Å²) in [5.74, 6) is -0.956. The first-order chi connectivity index (χ1) is 18.7. The zero-order chi connectivity index (χ0) is 28.5. The van der Waals surface area contributed by atoms with Crippen LogP contribution in [0.5, 0.6) is 0 Å². The molecule has 5 atom stereocenters. The Kier molecular flexibility index (Phi) is 11.0. The molecule has 0 saturated carbocycles. The van der Waals surface area contributed by atoms with Gasteiger partial charge in [0.15, 0.2) is 0 Å². The van der Waals surface area contributed by atoms with Crippen molar-refractivity contribution in [2.24, 2.45) is 0 Å². The first kappa shape index (κ1) is 30.3. The molecule has 2 N–H and O–H groups in total. The minimum absolute atomic E-state index is 0.0112. The van der Waals surface area contributed by atoms with Crippen LogP contribution in [0.2, 0.25) is 0 Å². The van der Waals surface area contributed by atoms with Crippen molar-refractivity contribution in [3.8, 4) is 0 Å². The molecule has 2 heterocycles.